The molecule has 0 aliphatic heterocycles. The normalized spacial score (nSPS) is 9.07. The lowest BCUT2D eigenvalue weighted by molar-refractivity contribution is -0.138. The fraction of sp³-hybridized carbons (Fsp3) is 0.200. The van der Waals surface area contributed by atoms with Crippen molar-refractivity contribution in [1.82, 2.24) is 0 Å². The van der Waals surface area contributed by atoms with E-state index in [0.717, 1.165) is 6.08 Å². The Morgan fingerprint density at radius 1 is 1.27 bits per heavy atom. The smallest absolute Gasteiger partial charge is 0.349 e. The lowest BCUT2D eigenvalue weighted by atomic mass is 10.2. The summed E-state index contributed by atoms with van der Waals surface area (Å²) >= 11 is 0. The molecule has 0 atom stereocenters. The topological polar surface area (TPSA) is 97.7 Å². The van der Waals surface area contributed by atoms with Gasteiger partial charge in [0.15, 0.2) is 0 Å². The number of allylic oxidation sites excluding steroid dienone is 3. The van der Waals surface area contributed by atoms with Gasteiger partial charge < -0.3 is 4.74 Å². The van der Waals surface area contributed by atoms with E-state index in [4.69, 9.17) is 15.8 Å². The van der Waals surface area contributed by atoms with Crippen molar-refractivity contribution >= 4 is 5.97 Å². The zero-order valence-corrected chi connectivity index (χ0v) is 7.94. The summed E-state index contributed by atoms with van der Waals surface area (Å²) < 4.78 is 4.54. The van der Waals surface area contributed by atoms with Gasteiger partial charge in [-0.1, -0.05) is 0 Å². The second-order valence-electron chi connectivity index (χ2n) is 2.13. The highest BCUT2D eigenvalue weighted by Gasteiger charge is 2.08. The van der Waals surface area contributed by atoms with Gasteiger partial charge in [-0.3, -0.25) is 0 Å². The minimum Gasteiger partial charge on any atom is -0.462 e. The lowest BCUT2D eigenvalue weighted by Crippen LogP contribution is -2.06. The lowest BCUT2D eigenvalue weighted by Gasteiger charge is -1.96. The van der Waals surface area contributed by atoms with Gasteiger partial charge in [-0.05, 0) is 13.0 Å². The fourth-order valence-electron chi connectivity index (χ4n) is 0.574. The van der Waals surface area contributed by atoms with Gasteiger partial charge in [0, 0.05) is 6.08 Å². The molecule has 0 spiro atoms. The summed E-state index contributed by atoms with van der Waals surface area (Å²) in [5.41, 5.74) is -0.619. The van der Waals surface area contributed by atoms with Gasteiger partial charge in [0.05, 0.1) is 6.61 Å². The molecule has 1 radical (unpaired) electrons. The third-order valence-electron chi connectivity index (χ3n) is 1.19. The third-order valence-corrected chi connectivity index (χ3v) is 1.19. The monoisotopic (exact) mass is 200 g/mol. The van der Waals surface area contributed by atoms with E-state index in [1.54, 1.807) is 25.1 Å². The van der Waals surface area contributed by atoms with E-state index < -0.39 is 5.97 Å². The average molecular weight is 200 g/mol. The first-order valence-electron chi connectivity index (χ1n) is 3.90. The summed E-state index contributed by atoms with van der Waals surface area (Å²) in [5.74, 6) is -0.827. The molecule has 5 nitrogen and oxygen atoms in total. The Morgan fingerprint density at radius 2 is 1.87 bits per heavy atom. The van der Waals surface area contributed by atoms with Crippen molar-refractivity contribution in [2.24, 2.45) is 0 Å². The van der Waals surface area contributed by atoms with Crippen LogP contribution in [0.15, 0.2) is 17.2 Å². The molecule has 73 valence electrons. The van der Waals surface area contributed by atoms with Crippen LogP contribution in [0.25, 0.3) is 0 Å². The largest absolute Gasteiger partial charge is 0.462 e. The third kappa shape index (κ3) is 4.26. The molecule has 0 fully saturated rings. The van der Waals surface area contributed by atoms with Crippen molar-refractivity contribution in [1.29, 1.82) is 15.8 Å². The molecule has 0 rings (SSSR count). The molecule has 0 aliphatic carbocycles. The molecule has 15 heavy (non-hydrogen) atoms. The number of rotatable bonds is 3. The van der Waals surface area contributed by atoms with Gasteiger partial charge >= 0.3 is 5.97 Å². The Hall–Kier alpha value is -2.58. The zero-order chi connectivity index (χ0) is 11.7. The number of ether oxygens (including phenoxy) is 1. The molecule has 0 saturated carbocycles. The Bertz CT molecular complexity index is 411. The van der Waals surface area contributed by atoms with Gasteiger partial charge in [-0.15, -0.1) is 0 Å². The molecule has 0 unspecified atom stereocenters. The highest BCUT2D eigenvalue weighted by Crippen LogP contribution is 1.98. The van der Waals surface area contributed by atoms with E-state index in [0.29, 0.717) is 0 Å². The maximum Gasteiger partial charge on any atom is 0.349 e. The number of hydrogen-bond donors (Lipinski definition) is 0. The highest BCUT2D eigenvalue weighted by atomic mass is 16.5. The van der Waals surface area contributed by atoms with Crippen LogP contribution in [0.5, 0.6) is 0 Å². The average Bonchev–Trinajstić information content (AvgIpc) is 2.25. The van der Waals surface area contributed by atoms with Gasteiger partial charge in [-0.2, -0.15) is 15.8 Å². The molecule has 0 bridgehead atoms. The first kappa shape index (κ1) is 12.4. The first-order chi connectivity index (χ1) is 7.19. The van der Waals surface area contributed by atoms with Crippen LogP contribution < -0.4 is 0 Å². The minimum atomic E-state index is -0.827. The molecule has 5 heteroatoms. The van der Waals surface area contributed by atoms with Crippen LogP contribution in [-0.4, -0.2) is 12.6 Å². The Kier molecular flexibility index (Phi) is 5.70. The van der Waals surface area contributed by atoms with Crippen molar-refractivity contribution in [3.05, 3.63) is 23.3 Å². The second-order valence-corrected chi connectivity index (χ2v) is 2.13. The van der Waals surface area contributed by atoms with Crippen LogP contribution in [-0.2, 0) is 9.53 Å². The molecular formula is C10H6N3O2. The Labute approximate surface area is 87.1 Å². The summed E-state index contributed by atoms with van der Waals surface area (Å²) in [7, 11) is 0. The Balaban J connectivity index is 4.88. The van der Waals surface area contributed by atoms with E-state index >= 15 is 0 Å². The number of carbonyl (C=O) groups excluding carboxylic acids is 1. The zero-order valence-electron chi connectivity index (χ0n) is 7.94. The van der Waals surface area contributed by atoms with Crippen LogP contribution in [0.2, 0.25) is 0 Å². The molecule has 0 N–H and O–H groups in total. The van der Waals surface area contributed by atoms with E-state index in [1.807, 2.05) is 0 Å². The van der Waals surface area contributed by atoms with Gasteiger partial charge in [0.25, 0.3) is 0 Å². The molecule has 0 saturated heterocycles. The number of carbonyl (C=O) groups is 1. The van der Waals surface area contributed by atoms with Crippen LogP contribution >= 0.6 is 0 Å². The molecule has 0 aromatic rings. The van der Waals surface area contributed by atoms with Gasteiger partial charge in [0.2, 0.25) is 0 Å². The van der Waals surface area contributed by atoms with E-state index in [9.17, 15) is 4.79 Å². The van der Waals surface area contributed by atoms with Crippen LogP contribution in [0.1, 0.15) is 6.92 Å². The summed E-state index contributed by atoms with van der Waals surface area (Å²) in [4.78, 5) is 11.0. The number of esters is 1. The quantitative estimate of drug-likeness (QED) is 0.290. The van der Waals surface area contributed by atoms with Crippen molar-refractivity contribution in [3.8, 4) is 18.2 Å². The minimum absolute atomic E-state index is 0.138. The number of nitriles is 3. The number of nitrogens with zero attached hydrogens (tertiary/aromatic N) is 3. The molecular weight excluding hydrogens is 194 g/mol. The van der Waals surface area contributed by atoms with E-state index in [2.05, 4.69) is 10.8 Å². The molecule has 0 heterocycles. The van der Waals surface area contributed by atoms with E-state index in [1.165, 1.54) is 0 Å². The second kappa shape index (κ2) is 6.88. The first-order valence-corrected chi connectivity index (χ1v) is 3.90. The van der Waals surface area contributed by atoms with Crippen molar-refractivity contribution in [2.75, 3.05) is 6.61 Å². The molecule has 0 aromatic heterocycles. The predicted octanol–water partition coefficient (Wildman–Crippen LogP) is 0.776. The van der Waals surface area contributed by atoms with Crippen molar-refractivity contribution in [3.63, 3.8) is 0 Å². The molecule has 0 aliphatic rings. The fourth-order valence-corrected chi connectivity index (χ4v) is 0.574. The highest BCUT2D eigenvalue weighted by molar-refractivity contribution is 5.92. The summed E-state index contributed by atoms with van der Waals surface area (Å²) in [6.07, 6.45) is 3.20. The molecule has 0 amide bonds. The standard InChI is InChI=1S/C10H6N3O2/c1-2-15-10(14)9(7-13)4-3-8(5-11)6-12/h3H,2H2,1H3. The Morgan fingerprint density at radius 3 is 2.27 bits per heavy atom. The predicted molar refractivity (Wildman–Crippen MR) is 48.3 cm³/mol. The van der Waals surface area contributed by atoms with E-state index in [-0.39, 0.29) is 17.8 Å². The van der Waals surface area contributed by atoms with Gasteiger partial charge in [0.1, 0.15) is 29.4 Å². The maximum absolute atomic E-state index is 11.0. The SMILES string of the molecule is CCOC(=O)/C(=[C]/C=C(C#N)C#N)C#N. The summed E-state index contributed by atoms with van der Waals surface area (Å²) in [6, 6.07) is 4.69. The van der Waals surface area contributed by atoms with Crippen LogP contribution in [0, 0.1) is 40.1 Å². The van der Waals surface area contributed by atoms with Crippen molar-refractivity contribution < 1.29 is 9.53 Å². The van der Waals surface area contributed by atoms with Gasteiger partial charge in [-0.25, -0.2) is 4.79 Å². The van der Waals surface area contributed by atoms with Crippen LogP contribution in [0.4, 0.5) is 0 Å². The maximum atomic E-state index is 11.0. The summed E-state index contributed by atoms with van der Waals surface area (Å²) in [6.45, 7) is 1.73. The van der Waals surface area contributed by atoms with Crippen LogP contribution in [0.3, 0.4) is 0 Å². The van der Waals surface area contributed by atoms with Crippen molar-refractivity contribution in [2.45, 2.75) is 6.92 Å². The molecule has 0 aromatic carbocycles. The summed E-state index contributed by atoms with van der Waals surface area (Å²) in [5, 5.41) is 25.3. The number of hydrogen-bond acceptors (Lipinski definition) is 5.